The monoisotopic (exact) mass is 769 g/mol. The van der Waals surface area contributed by atoms with Gasteiger partial charge in [0, 0.05) is 12.8 Å². The van der Waals surface area contributed by atoms with Crippen LogP contribution >= 0.6 is 7.82 Å². The summed E-state index contributed by atoms with van der Waals surface area (Å²) in [6.07, 6.45) is 40.3. The van der Waals surface area contributed by atoms with E-state index in [1.807, 2.05) is 0 Å². The minimum Gasteiger partial charge on any atom is -0.462 e. The number of hydrogen-bond donors (Lipinski definition) is 2. The number of phosphoric acid groups is 1. The molecular weight excluding hydrogens is 691 g/mol. The lowest BCUT2D eigenvalue weighted by molar-refractivity contribution is -0.161. The highest BCUT2D eigenvalue weighted by molar-refractivity contribution is 7.46. The number of epoxide rings is 1. The third-order valence-electron chi connectivity index (χ3n) is 9.51. The zero-order chi connectivity index (χ0) is 38.8. The van der Waals surface area contributed by atoms with E-state index in [0.717, 1.165) is 50.9 Å². The van der Waals surface area contributed by atoms with Crippen LogP contribution in [-0.2, 0) is 32.9 Å². The molecule has 2 N–H and O–H groups in total. The predicted octanol–water partition coefficient (Wildman–Crippen LogP) is 11.8. The van der Waals surface area contributed by atoms with Gasteiger partial charge in [-0.25, -0.2) is 4.57 Å². The highest BCUT2D eigenvalue weighted by Crippen LogP contribution is 2.36. The fourth-order valence-electron chi connectivity index (χ4n) is 6.23. The van der Waals surface area contributed by atoms with Crippen LogP contribution in [0, 0.1) is 5.92 Å². The number of unbranched alkanes of at least 4 members (excludes halogenated alkanes) is 16. The van der Waals surface area contributed by atoms with Crippen LogP contribution in [0.4, 0.5) is 0 Å². The molecule has 1 aliphatic rings. The van der Waals surface area contributed by atoms with Crippen molar-refractivity contribution in [1.29, 1.82) is 0 Å². The molecule has 0 amide bonds. The summed E-state index contributed by atoms with van der Waals surface area (Å²) in [4.78, 5) is 43.0. The van der Waals surface area contributed by atoms with Crippen LogP contribution in [0.15, 0.2) is 36.5 Å². The van der Waals surface area contributed by atoms with Crippen molar-refractivity contribution in [2.24, 2.45) is 5.92 Å². The van der Waals surface area contributed by atoms with Crippen molar-refractivity contribution in [3.05, 3.63) is 36.5 Å². The van der Waals surface area contributed by atoms with Gasteiger partial charge >= 0.3 is 19.8 Å². The number of carbonyl (C=O) groups excluding carboxylic acids is 2. The summed E-state index contributed by atoms with van der Waals surface area (Å²) < 4.78 is 32.1. The van der Waals surface area contributed by atoms with Crippen LogP contribution in [0.2, 0.25) is 0 Å². The molecule has 0 aromatic heterocycles. The first-order chi connectivity index (χ1) is 25.6. The Hall–Kier alpha value is -1.77. The standard InChI is InChI=1S/C43H77O9P/c1-4-5-6-7-8-9-10-16-19-22-25-28-32-40-41(52-40)33-30-35-43(45)51-39(37-50-53(46,47)48)36-49-42(44)34-29-26-23-20-17-14-12-11-13-15-18-21-24-27-31-38(2)3/h8-9,16,19,25,28,38-41H,4-7,10-15,17-18,20-24,26-27,29-37H2,1-3H3,(H2,46,47,48)/b9-8-,19-16-,28-25-/t39-,40?,41?/m1/s1. The minimum absolute atomic E-state index is 0.115. The molecule has 1 fully saturated rings. The summed E-state index contributed by atoms with van der Waals surface area (Å²) in [5, 5.41) is 0. The van der Waals surface area contributed by atoms with Crippen molar-refractivity contribution < 1.29 is 42.7 Å². The van der Waals surface area contributed by atoms with E-state index in [1.165, 1.54) is 96.3 Å². The molecule has 10 heteroatoms. The lowest BCUT2D eigenvalue weighted by atomic mass is 10.0. The summed E-state index contributed by atoms with van der Waals surface area (Å²) in [6.45, 7) is 5.94. The van der Waals surface area contributed by atoms with Crippen molar-refractivity contribution in [1.82, 2.24) is 0 Å². The van der Waals surface area contributed by atoms with Gasteiger partial charge in [0.2, 0.25) is 0 Å². The van der Waals surface area contributed by atoms with Crippen LogP contribution in [-0.4, -0.2) is 53.3 Å². The van der Waals surface area contributed by atoms with Crippen LogP contribution in [0.3, 0.4) is 0 Å². The summed E-state index contributed by atoms with van der Waals surface area (Å²) in [5.74, 6) is -0.129. The smallest absolute Gasteiger partial charge is 0.462 e. The van der Waals surface area contributed by atoms with E-state index in [-0.39, 0.29) is 31.7 Å². The molecular formula is C43H77O9P. The number of phosphoric ester groups is 1. The number of ether oxygens (including phenoxy) is 3. The van der Waals surface area contributed by atoms with E-state index < -0.39 is 32.5 Å². The Kier molecular flexibility index (Phi) is 31.2. The number of rotatable bonds is 37. The molecule has 9 nitrogen and oxygen atoms in total. The van der Waals surface area contributed by atoms with E-state index in [2.05, 4.69) is 61.8 Å². The van der Waals surface area contributed by atoms with Crippen LogP contribution in [0.25, 0.3) is 0 Å². The maximum Gasteiger partial charge on any atom is 0.469 e. The van der Waals surface area contributed by atoms with E-state index in [1.54, 1.807) is 0 Å². The molecule has 53 heavy (non-hydrogen) atoms. The summed E-state index contributed by atoms with van der Waals surface area (Å²) in [6, 6.07) is 0. The molecule has 1 saturated heterocycles. The number of carbonyl (C=O) groups is 2. The SMILES string of the molecule is CCCCC/C=C\C/C=C\C/C=C\CC1OC1CCCC(=O)O[C@H](COC(=O)CCCCCCCCCCCCCCCCC(C)C)COP(=O)(O)O. The van der Waals surface area contributed by atoms with Crippen molar-refractivity contribution in [3.8, 4) is 0 Å². The zero-order valence-electron chi connectivity index (χ0n) is 33.8. The van der Waals surface area contributed by atoms with Crippen molar-refractivity contribution in [3.63, 3.8) is 0 Å². The van der Waals surface area contributed by atoms with Gasteiger partial charge in [-0.05, 0) is 57.3 Å². The maximum absolute atomic E-state index is 12.5. The van der Waals surface area contributed by atoms with E-state index in [9.17, 15) is 14.2 Å². The molecule has 0 aromatic carbocycles. The second-order valence-corrected chi connectivity index (χ2v) is 16.4. The van der Waals surface area contributed by atoms with Crippen LogP contribution in [0.1, 0.15) is 188 Å². The molecule has 0 bridgehead atoms. The molecule has 1 rings (SSSR count). The van der Waals surface area contributed by atoms with Gasteiger partial charge in [-0.2, -0.15) is 0 Å². The Morgan fingerprint density at radius 1 is 0.660 bits per heavy atom. The van der Waals surface area contributed by atoms with Crippen molar-refractivity contribution in [2.45, 2.75) is 206 Å². The number of hydrogen-bond acceptors (Lipinski definition) is 7. The topological polar surface area (TPSA) is 132 Å². The Labute approximate surface area is 323 Å². The molecule has 0 spiro atoms. The van der Waals surface area contributed by atoms with Gasteiger partial charge in [-0.1, -0.05) is 160 Å². The van der Waals surface area contributed by atoms with Crippen LogP contribution < -0.4 is 0 Å². The van der Waals surface area contributed by atoms with Gasteiger partial charge in [0.05, 0.1) is 18.8 Å². The second-order valence-electron chi connectivity index (χ2n) is 15.2. The molecule has 2 unspecified atom stereocenters. The molecule has 0 aromatic rings. The summed E-state index contributed by atoms with van der Waals surface area (Å²) >= 11 is 0. The molecule has 3 atom stereocenters. The molecule has 1 aliphatic heterocycles. The summed E-state index contributed by atoms with van der Waals surface area (Å²) in [5.41, 5.74) is 0. The third-order valence-corrected chi connectivity index (χ3v) is 10.00. The predicted molar refractivity (Wildman–Crippen MR) is 215 cm³/mol. The molecule has 0 aliphatic carbocycles. The molecule has 308 valence electrons. The summed E-state index contributed by atoms with van der Waals surface area (Å²) in [7, 11) is -4.78. The zero-order valence-corrected chi connectivity index (χ0v) is 34.7. The molecule has 0 radical (unpaired) electrons. The average Bonchev–Trinajstić information content (AvgIpc) is 3.86. The molecule has 1 heterocycles. The number of allylic oxidation sites excluding steroid dienone is 5. The Balaban J connectivity index is 2.11. The van der Waals surface area contributed by atoms with Crippen LogP contribution in [0.5, 0.6) is 0 Å². The highest BCUT2D eigenvalue weighted by atomic mass is 31.2. The fraction of sp³-hybridized carbons (Fsp3) is 0.814. The van der Waals surface area contributed by atoms with Gasteiger partial charge in [-0.3, -0.25) is 14.1 Å². The largest absolute Gasteiger partial charge is 0.469 e. The Morgan fingerprint density at radius 2 is 1.21 bits per heavy atom. The first-order valence-electron chi connectivity index (χ1n) is 21.3. The van der Waals surface area contributed by atoms with E-state index >= 15 is 0 Å². The number of esters is 2. The fourth-order valence-corrected chi connectivity index (χ4v) is 6.59. The first-order valence-corrected chi connectivity index (χ1v) is 22.8. The van der Waals surface area contributed by atoms with E-state index in [4.69, 9.17) is 24.0 Å². The second kappa shape index (κ2) is 33.6. The quantitative estimate of drug-likeness (QED) is 0.0208. The third kappa shape index (κ3) is 34.5. The van der Waals surface area contributed by atoms with Crippen molar-refractivity contribution >= 4 is 19.8 Å². The first kappa shape index (κ1) is 49.2. The normalized spacial score (nSPS) is 16.7. The van der Waals surface area contributed by atoms with Gasteiger partial charge in [0.1, 0.15) is 6.61 Å². The van der Waals surface area contributed by atoms with E-state index in [0.29, 0.717) is 12.8 Å². The minimum atomic E-state index is -4.78. The Bertz CT molecular complexity index is 1030. The lowest BCUT2D eigenvalue weighted by Gasteiger charge is -2.18. The highest BCUT2D eigenvalue weighted by Gasteiger charge is 2.36. The van der Waals surface area contributed by atoms with Gasteiger partial charge in [0.15, 0.2) is 6.10 Å². The van der Waals surface area contributed by atoms with Gasteiger partial charge in [0.25, 0.3) is 0 Å². The molecule has 0 saturated carbocycles. The average molecular weight is 769 g/mol. The van der Waals surface area contributed by atoms with Gasteiger partial charge < -0.3 is 24.0 Å². The lowest BCUT2D eigenvalue weighted by Crippen LogP contribution is -2.29. The van der Waals surface area contributed by atoms with Crippen molar-refractivity contribution in [2.75, 3.05) is 13.2 Å². The van der Waals surface area contributed by atoms with Gasteiger partial charge in [-0.15, -0.1) is 0 Å². The Morgan fingerprint density at radius 3 is 1.79 bits per heavy atom. The maximum atomic E-state index is 12.5.